The lowest BCUT2D eigenvalue weighted by Gasteiger charge is -1.76. The van der Waals surface area contributed by atoms with Gasteiger partial charge in [0.2, 0.25) is 5.75 Å². The molecule has 4 heteroatoms. The van der Waals surface area contributed by atoms with E-state index in [0.29, 0.717) is 0 Å². The number of ether oxygens (including phenoxy) is 1. The van der Waals surface area contributed by atoms with E-state index >= 15 is 0 Å². The lowest BCUT2D eigenvalue weighted by molar-refractivity contribution is 0.194. The molecule has 0 spiro atoms. The summed E-state index contributed by atoms with van der Waals surface area (Å²) in [5.41, 5.74) is 0. The van der Waals surface area contributed by atoms with Crippen molar-refractivity contribution in [2.75, 3.05) is 19.9 Å². The third-order valence-electron chi connectivity index (χ3n) is 0.627. The van der Waals surface area contributed by atoms with Gasteiger partial charge in [0.1, 0.15) is 0 Å². The summed E-state index contributed by atoms with van der Waals surface area (Å²) < 4.78 is 4.83. The van der Waals surface area contributed by atoms with Crippen molar-refractivity contribution in [1.29, 1.82) is 0 Å². The van der Waals surface area contributed by atoms with Crippen LogP contribution in [0.2, 0.25) is 0 Å². The second-order valence-electron chi connectivity index (χ2n) is 1.14. The Hall–Kier alpha value is -0.120. The molecule has 0 aromatic rings. The van der Waals surface area contributed by atoms with E-state index in [-0.39, 0.29) is 5.75 Å². The summed E-state index contributed by atoms with van der Waals surface area (Å²) in [4.78, 5) is 8.57. The van der Waals surface area contributed by atoms with Crippen molar-refractivity contribution in [2.24, 2.45) is 0 Å². The Morgan fingerprint density at radius 3 is 2.50 bits per heavy atom. The van der Waals surface area contributed by atoms with Gasteiger partial charge in [0, 0.05) is 6.54 Å². The Morgan fingerprint density at radius 1 is 1.75 bits per heavy atom. The van der Waals surface area contributed by atoms with Crippen LogP contribution in [0.25, 0.3) is 0 Å². The van der Waals surface area contributed by atoms with E-state index < -0.39 is 0 Å². The zero-order valence-electron chi connectivity index (χ0n) is 4.39. The lowest BCUT2D eigenvalue weighted by Crippen LogP contribution is -2.05. The number of rotatable bonds is 0. The highest BCUT2D eigenvalue weighted by Gasteiger charge is 1.92. The van der Waals surface area contributed by atoms with Gasteiger partial charge in [-0.25, -0.2) is 0 Å². The minimum Gasteiger partial charge on any atom is -0.365 e. The SMILES string of the molecule is C1COCN1.O=CCl. The summed E-state index contributed by atoms with van der Waals surface area (Å²) in [7, 11) is 0. The average molecular weight is 138 g/mol. The predicted molar refractivity (Wildman–Crippen MR) is 31.4 cm³/mol. The number of hydrogen-bond donors (Lipinski definition) is 1. The summed E-state index contributed by atoms with van der Waals surface area (Å²) in [5, 5.41) is 3.00. The Morgan fingerprint density at radius 2 is 2.38 bits per heavy atom. The molecular formula is C4H8ClNO2. The van der Waals surface area contributed by atoms with Crippen molar-refractivity contribution >= 4 is 17.3 Å². The molecule has 1 fully saturated rings. The predicted octanol–water partition coefficient (Wildman–Crippen LogP) is -0.0209. The van der Waals surface area contributed by atoms with Crippen LogP contribution in [0, 0.1) is 0 Å². The average Bonchev–Trinajstić information content (AvgIpc) is 2.17. The Bertz CT molecular complexity index is 48.4. The summed E-state index contributed by atoms with van der Waals surface area (Å²) >= 11 is 4.32. The largest absolute Gasteiger partial charge is 0.365 e. The number of carbonyl (C=O) groups excluding carboxylic acids is 1. The Balaban J connectivity index is 0.000000145. The zero-order chi connectivity index (χ0) is 6.24. The topological polar surface area (TPSA) is 38.3 Å². The van der Waals surface area contributed by atoms with Gasteiger partial charge in [0.15, 0.2) is 0 Å². The number of hydrogen-bond acceptors (Lipinski definition) is 3. The fourth-order valence-electron chi connectivity index (χ4n) is 0.361. The second kappa shape index (κ2) is 6.88. The molecule has 8 heavy (non-hydrogen) atoms. The maximum absolute atomic E-state index is 8.57. The van der Waals surface area contributed by atoms with Crippen LogP contribution in [0.4, 0.5) is 0 Å². The molecule has 1 heterocycles. The van der Waals surface area contributed by atoms with Crippen LogP contribution in [0.3, 0.4) is 0 Å². The lowest BCUT2D eigenvalue weighted by atomic mass is 10.7. The molecule has 48 valence electrons. The molecule has 1 rings (SSSR count). The van der Waals surface area contributed by atoms with Gasteiger partial charge < -0.3 is 4.74 Å². The third-order valence-corrected chi connectivity index (χ3v) is 0.627. The van der Waals surface area contributed by atoms with Crippen LogP contribution >= 0.6 is 11.6 Å². The van der Waals surface area contributed by atoms with Crippen molar-refractivity contribution in [3.05, 3.63) is 0 Å². The van der Waals surface area contributed by atoms with Crippen molar-refractivity contribution < 1.29 is 9.53 Å². The first-order chi connectivity index (χ1) is 3.91. The molecule has 0 aromatic carbocycles. The fraction of sp³-hybridized carbons (Fsp3) is 0.750. The smallest absolute Gasteiger partial charge is 0.208 e. The second-order valence-corrected chi connectivity index (χ2v) is 1.32. The van der Waals surface area contributed by atoms with Gasteiger partial charge in [0.25, 0.3) is 0 Å². The van der Waals surface area contributed by atoms with Crippen LogP contribution in [0.5, 0.6) is 0 Å². The van der Waals surface area contributed by atoms with Crippen molar-refractivity contribution in [3.8, 4) is 0 Å². The van der Waals surface area contributed by atoms with E-state index in [0.717, 1.165) is 19.9 Å². The molecule has 0 bridgehead atoms. The van der Waals surface area contributed by atoms with E-state index in [1.807, 2.05) is 0 Å². The minimum atomic E-state index is 0.222. The minimum absolute atomic E-state index is 0.222. The molecule has 0 aromatic heterocycles. The van der Waals surface area contributed by atoms with Crippen LogP contribution < -0.4 is 5.32 Å². The summed E-state index contributed by atoms with van der Waals surface area (Å²) in [6.07, 6.45) is 0. The zero-order valence-corrected chi connectivity index (χ0v) is 5.15. The van der Waals surface area contributed by atoms with Gasteiger partial charge in [-0.2, -0.15) is 0 Å². The molecule has 0 aliphatic carbocycles. The molecule has 1 aliphatic rings. The standard InChI is InChI=1S/C3H7NO.CHClO/c1-2-5-3-4-1;2-1-3/h4H,1-3H2;1H. The third kappa shape index (κ3) is 5.88. The van der Waals surface area contributed by atoms with Gasteiger partial charge in [0.05, 0.1) is 13.3 Å². The van der Waals surface area contributed by atoms with Gasteiger partial charge in [-0.3, -0.25) is 10.1 Å². The molecule has 1 saturated heterocycles. The van der Waals surface area contributed by atoms with Crippen LogP contribution in [0.15, 0.2) is 0 Å². The quantitative estimate of drug-likeness (QED) is 0.377. The number of carbonyl (C=O) groups is 1. The molecule has 0 radical (unpaired) electrons. The van der Waals surface area contributed by atoms with Gasteiger partial charge in [-0.15, -0.1) is 0 Å². The highest BCUT2D eigenvalue weighted by molar-refractivity contribution is 6.54. The van der Waals surface area contributed by atoms with Crippen molar-refractivity contribution in [2.45, 2.75) is 0 Å². The summed E-state index contributed by atoms with van der Waals surface area (Å²) in [6.45, 7) is 2.67. The molecular weight excluding hydrogens is 130 g/mol. The van der Waals surface area contributed by atoms with Crippen LogP contribution in [-0.4, -0.2) is 25.6 Å². The fourth-order valence-corrected chi connectivity index (χ4v) is 0.361. The number of halogens is 1. The van der Waals surface area contributed by atoms with Crippen LogP contribution in [0.1, 0.15) is 0 Å². The van der Waals surface area contributed by atoms with Gasteiger partial charge >= 0.3 is 0 Å². The molecule has 1 aliphatic heterocycles. The monoisotopic (exact) mass is 137 g/mol. The summed E-state index contributed by atoms with van der Waals surface area (Å²) in [5.74, 6) is 0.222. The normalized spacial score (nSPS) is 16.6. The Kier molecular flexibility index (Phi) is 6.78. The van der Waals surface area contributed by atoms with E-state index in [4.69, 9.17) is 9.53 Å². The molecule has 0 unspecified atom stereocenters. The van der Waals surface area contributed by atoms with E-state index in [1.54, 1.807) is 0 Å². The van der Waals surface area contributed by atoms with E-state index in [2.05, 4.69) is 16.9 Å². The maximum Gasteiger partial charge on any atom is 0.208 e. The molecule has 0 saturated carbocycles. The maximum atomic E-state index is 8.57. The van der Waals surface area contributed by atoms with Crippen molar-refractivity contribution in [3.63, 3.8) is 0 Å². The van der Waals surface area contributed by atoms with Crippen LogP contribution in [-0.2, 0) is 9.53 Å². The first-order valence-electron chi connectivity index (χ1n) is 2.24. The molecule has 0 atom stereocenters. The molecule has 0 amide bonds. The van der Waals surface area contributed by atoms with Gasteiger partial charge in [-0.05, 0) is 11.6 Å². The highest BCUT2D eigenvalue weighted by Crippen LogP contribution is 1.75. The first kappa shape index (κ1) is 7.88. The first-order valence-corrected chi connectivity index (χ1v) is 2.67. The Labute approximate surface area is 53.0 Å². The molecule has 3 nitrogen and oxygen atoms in total. The van der Waals surface area contributed by atoms with Gasteiger partial charge in [-0.1, -0.05) is 0 Å². The highest BCUT2D eigenvalue weighted by atomic mass is 35.5. The molecule has 1 N–H and O–H groups in total. The summed E-state index contributed by atoms with van der Waals surface area (Å²) in [6, 6.07) is 0. The van der Waals surface area contributed by atoms with E-state index in [1.165, 1.54) is 0 Å². The van der Waals surface area contributed by atoms with E-state index in [9.17, 15) is 0 Å². The van der Waals surface area contributed by atoms with Crippen molar-refractivity contribution in [1.82, 2.24) is 5.32 Å². The number of nitrogens with one attached hydrogen (secondary N) is 1.